The molecule has 1 heterocycles. The van der Waals surface area contributed by atoms with E-state index in [9.17, 15) is 4.79 Å². The number of carbonyl (C=O) groups is 1. The van der Waals surface area contributed by atoms with Gasteiger partial charge < -0.3 is 10.1 Å². The number of nitrogens with zero attached hydrogens (tertiary/aromatic N) is 3. The highest BCUT2D eigenvalue weighted by molar-refractivity contribution is 8.00. The van der Waals surface area contributed by atoms with Gasteiger partial charge in [0.1, 0.15) is 5.75 Å². The van der Waals surface area contributed by atoms with Gasteiger partial charge in [-0.2, -0.15) is 0 Å². The Labute approximate surface area is 170 Å². The van der Waals surface area contributed by atoms with Crippen LogP contribution in [-0.2, 0) is 11.3 Å². The van der Waals surface area contributed by atoms with Crippen LogP contribution in [0.1, 0.15) is 39.0 Å². The summed E-state index contributed by atoms with van der Waals surface area (Å²) in [6.07, 6.45) is 7.65. The Kier molecular flexibility index (Phi) is 7.14. The van der Waals surface area contributed by atoms with Gasteiger partial charge in [-0.15, -0.1) is 16.8 Å². The van der Waals surface area contributed by atoms with E-state index in [1.54, 1.807) is 7.11 Å². The minimum Gasteiger partial charge on any atom is -0.497 e. The van der Waals surface area contributed by atoms with Gasteiger partial charge in [0.15, 0.2) is 11.0 Å². The minimum atomic E-state index is -0.238. The number of carbonyl (C=O) groups excluding carboxylic acids is 1. The molecule has 1 N–H and O–H groups in total. The molecule has 7 heteroatoms. The van der Waals surface area contributed by atoms with Crippen LogP contribution in [0, 0.1) is 0 Å². The first-order valence-electron chi connectivity index (χ1n) is 9.78. The van der Waals surface area contributed by atoms with Crippen molar-refractivity contribution in [3.63, 3.8) is 0 Å². The number of methoxy groups -OCH3 is 1. The molecule has 0 saturated heterocycles. The number of benzene rings is 1. The van der Waals surface area contributed by atoms with Gasteiger partial charge in [-0.3, -0.25) is 9.36 Å². The third-order valence-corrected chi connectivity index (χ3v) is 6.06. The van der Waals surface area contributed by atoms with E-state index in [0.29, 0.717) is 12.6 Å². The molecule has 150 valence electrons. The molecule has 1 amide bonds. The van der Waals surface area contributed by atoms with E-state index in [-0.39, 0.29) is 11.2 Å². The van der Waals surface area contributed by atoms with Crippen molar-refractivity contribution in [2.75, 3.05) is 7.11 Å². The lowest BCUT2D eigenvalue weighted by atomic mass is 9.95. The van der Waals surface area contributed by atoms with Crippen LogP contribution in [0.25, 0.3) is 11.4 Å². The van der Waals surface area contributed by atoms with Crippen LogP contribution in [0.4, 0.5) is 0 Å². The highest BCUT2D eigenvalue weighted by Crippen LogP contribution is 2.28. The zero-order chi connectivity index (χ0) is 19.9. The maximum absolute atomic E-state index is 12.6. The van der Waals surface area contributed by atoms with Gasteiger partial charge in [0.25, 0.3) is 0 Å². The summed E-state index contributed by atoms with van der Waals surface area (Å²) in [6.45, 7) is 6.34. The molecular formula is C21H28N4O2S. The molecule has 28 heavy (non-hydrogen) atoms. The van der Waals surface area contributed by atoms with E-state index in [0.717, 1.165) is 35.1 Å². The van der Waals surface area contributed by atoms with Gasteiger partial charge in [0.05, 0.1) is 12.4 Å². The molecule has 1 aliphatic carbocycles. The van der Waals surface area contributed by atoms with E-state index < -0.39 is 0 Å². The maximum atomic E-state index is 12.6. The van der Waals surface area contributed by atoms with Crippen molar-refractivity contribution < 1.29 is 9.53 Å². The number of rotatable bonds is 8. The summed E-state index contributed by atoms with van der Waals surface area (Å²) in [4.78, 5) is 12.6. The summed E-state index contributed by atoms with van der Waals surface area (Å²) in [5.41, 5.74) is 0.946. The Morgan fingerprint density at radius 3 is 2.68 bits per heavy atom. The number of nitrogens with one attached hydrogen (secondary N) is 1. The van der Waals surface area contributed by atoms with E-state index in [1.807, 2.05) is 41.8 Å². The Morgan fingerprint density at radius 2 is 2.04 bits per heavy atom. The molecule has 1 atom stereocenters. The van der Waals surface area contributed by atoms with Crippen molar-refractivity contribution in [1.29, 1.82) is 0 Å². The third-order valence-electron chi connectivity index (χ3n) is 4.98. The summed E-state index contributed by atoms with van der Waals surface area (Å²) in [6, 6.07) is 8.02. The Morgan fingerprint density at radius 1 is 1.32 bits per heavy atom. The minimum absolute atomic E-state index is 0.0658. The van der Waals surface area contributed by atoms with Crippen molar-refractivity contribution >= 4 is 17.7 Å². The third kappa shape index (κ3) is 4.95. The largest absolute Gasteiger partial charge is 0.497 e. The maximum Gasteiger partial charge on any atom is 0.233 e. The Hall–Kier alpha value is -2.28. The lowest BCUT2D eigenvalue weighted by molar-refractivity contribution is -0.121. The number of aromatic nitrogens is 3. The van der Waals surface area contributed by atoms with Crippen LogP contribution in [0.3, 0.4) is 0 Å². The van der Waals surface area contributed by atoms with Gasteiger partial charge in [0.2, 0.25) is 5.91 Å². The topological polar surface area (TPSA) is 69.0 Å². The molecule has 1 aromatic heterocycles. The zero-order valence-electron chi connectivity index (χ0n) is 16.6. The van der Waals surface area contributed by atoms with Crippen LogP contribution in [0.15, 0.2) is 42.1 Å². The molecule has 0 aliphatic heterocycles. The summed E-state index contributed by atoms with van der Waals surface area (Å²) in [5, 5.41) is 12.4. The molecule has 6 nitrogen and oxygen atoms in total. The lowest BCUT2D eigenvalue weighted by Gasteiger charge is -2.24. The summed E-state index contributed by atoms with van der Waals surface area (Å²) in [5.74, 6) is 1.61. The average Bonchev–Trinajstić information content (AvgIpc) is 3.11. The molecule has 1 aliphatic rings. The van der Waals surface area contributed by atoms with Gasteiger partial charge in [-0.05, 0) is 44.0 Å². The second-order valence-corrected chi connectivity index (χ2v) is 8.35. The lowest BCUT2D eigenvalue weighted by Crippen LogP contribution is -2.40. The molecule has 0 radical (unpaired) electrons. The van der Waals surface area contributed by atoms with Gasteiger partial charge in [0, 0.05) is 18.2 Å². The van der Waals surface area contributed by atoms with Crippen LogP contribution >= 0.6 is 11.8 Å². The van der Waals surface area contributed by atoms with Crippen molar-refractivity contribution in [3.05, 3.63) is 36.9 Å². The fourth-order valence-corrected chi connectivity index (χ4v) is 4.27. The summed E-state index contributed by atoms with van der Waals surface area (Å²) >= 11 is 1.43. The van der Waals surface area contributed by atoms with E-state index in [1.165, 1.54) is 31.0 Å². The van der Waals surface area contributed by atoms with Crippen molar-refractivity contribution in [2.45, 2.75) is 62.0 Å². The fraction of sp³-hybridized carbons (Fsp3) is 0.476. The molecule has 0 spiro atoms. The first-order valence-corrected chi connectivity index (χ1v) is 10.7. The van der Waals surface area contributed by atoms with Crippen molar-refractivity contribution in [1.82, 2.24) is 20.1 Å². The Balaban J connectivity index is 1.72. The second-order valence-electron chi connectivity index (χ2n) is 7.04. The molecule has 2 aromatic rings. The molecule has 3 rings (SSSR count). The first kappa shape index (κ1) is 20.5. The van der Waals surface area contributed by atoms with E-state index >= 15 is 0 Å². The van der Waals surface area contributed by atoms with Crippen LogP contribution in [0.5, 0.6) is 5.75 Å². The number of hydrogen-bond acceptors (Lipinski definition) is 5. The fourth-order valence-electron chi connectivity index (χ4n) is 3.40. The molecule has 1 aromatic carbocycles. The highest BCUT2D eigenvalue weighted by atomic mass is 32.2. The number of ether oxygens (including phenoxy) is 1. The monoisotopic (exact) mass is 400 g/mol. The van der Waals surface area contributed by atoms with Gasteiger partial charge in [-0.25, -0.2) is 0 Å². The van der Waals surface area contributed by atoms with Crippen molar-refractivity contribution in [3.8, 4) is 17.1 Å². The number of amides is 1. The molecule has 1 fully saturated rings. The van der Waals surface area contributed by atoms with E-state index in [2.05, 4.69) is 22.1 Å². The second kappa shape index (κ2) is 9.78. The number of hydrogen-bond donors (Lipinski definition) is 1. The van der Waals surface area contributed by atoms with Crippen LogP contribution < -0.4 is 10.1 Å². The summed E-state index contributed by atoms with van der Waals surface area (Å²) in [7, 11) is 1.64. The van der Waals surface area contributed by atoms with Crippen LogP contribution in [0.2, 0.25) is 0 Å². The first-order chi connectivity index (χ1) is 13.6. The highest BCUT2D eigenvalue weighted by Gasteiger charge is 2.23. The summed E-state index contributed by atoms with van der Waals surface area (Å²) < 4.78 is 7.21. The molecule has 1 saturated carbocycles. The predicted molar refractivity (Wildman–Crippen MR) is 113 cm³/mol. The standard InChI is InChI=1S/C21H28N4O2S/c1-4-14-25-19(16-10-12-18(27-3)13-11-16)23-24-21(25)28-15(2)20(26)22-17-8-6-5-7-9-17/h4,10-13,15,17H,1,5-9,14H2,2-3H3,(H,22,26)/t15-/m1/s1. The average molecular weight is 401 g/mol. The van der Waals surface area contributed by atoms with E-state index in [4.69, 9.17) is 4.74 Å². The van der Waals surface area contributed by atoms with Crippen LogP contribution in [-0.4, -0.2) is 39.1 Å². The Bertz CT molecular complexity index is 797. The molecule has 0 bridgehead atoms. The predicted octanol–water partition coefficient (Wildman–Crippen LogP) is 4.07. The smallest absolute Gasteiger partial charge is 0.233 e. The molecule has 0 unspecified atom stereocenters. The normalized spacial score (nSPS) is 15.8. The zero-order valence-corrected chi connectivity index (χ0v) is 17.4. The number of allylic oxidation sites excluding steroid dienone is 1. The number of thioether (sulfide) groups is 1. The van der Waals surface area contributed by atoms with Crippen molar-refractivity contribution in [2.24, 2.45) is 0 Å². The van der Waals surface area contributed by atoms with Gasteiger partial charge >= 0.3 is 0 Å². The molecular weight excluding hydrogens is 372 g/mol. The quantitative estimate of drug-likeness (QED) is 0.534. The SMILES string of the molecule is C=CCn1c(S[C@H](C)C(=O)NC2CCCCC2)nnc1-c1ccc(OC)cc1. The van der Waals surface area contributed by atoms with Gasteiger partial charge in [-0.1, -0.05) is 37.1 Å².